The minimum absolute atomic E-state index is 0. The predicted octanol–water partition coefficient (Wildman–Crippen LogP) is 2.83. The van der Waals surface area contributed by atoms with Gasteiger partial charge in [0.2, 0.25) is 0 Å². The summed E-state index contributed by atoms with van der Waals surface area (Å²) in [5.74, 6) is 0.463. The Morgan fingerprint density at radius 3 is 2.44 bits per heavy atom. The van der Waals surface area contributed by atoms with Crippen LogP contribution in [0.4, 0.5) is 13.2 Å². The second kappa shape index (κ2) is 8.60. The average molecular weight is 377 g/mol. The van der Waals surface area contributed by atoms with Crippen LogP contribution in [0.2, 0.25) is 0 Å². The highest BCUT2D eigenvalue weighted by atomic mass is 127. The van der Waals surface area contributed by atoms with E-state index in [1.54, 1.807) is 0 Å². The summed E-state index contributed by atoms with van der Waals surface area (Å²) in [7, 11) is 0. The first-order valence-electron chi connectivity index (χ1n) is 5.78. The lowest BCUT2D eigenvalue weighted by Crippen LogP contribution is -2.42. The third-order valence-corrected chi connectivity index (χ3v) is 2.36. The molecule has 0 aliphatic heterocycles. The molecule has 0 unspecified atom stereocenters. The molecule has 7 heteroatoms. The second-order valence-electron chi connectivity index (χ2n) is 3.91. The Hall–Kier alpha value is -0.470. The highest BCUT2D eigenvalue weighted by Gasteiger charge is 2.26. The molecule has 0 atom stereocenters. The Morgan fingerprint density at radius 2 is 1.94 bits per heavy atom. The molecule has 0 saturated carbocycles. The molecule has 2 N–H and O–H groups in total. The lowest BCUT2D eigenvalue weighted by molar-refractivity contribution is -0.132. The first-order valence-corrected chi connectivity index (χ1v) is 5.78. The fraction of sp³-hybridized carbons (Fsp3) is 0.727. The Morgan fingerprint density at radius 1 is 1.33 bits per heavy atom. The molecule has 0 aromatic carbocycles. The molecular weight excluding hydrogens is 358 g/mol. The fourth-order valence-corrected chi connectivity index (χ4v) is 1.54. The molecule has 0 aromatic heterocycles. The molecular formula is C11H19F3IN3. The number of guanidine groups is 1. The molecule has 0 aromatic rings. The monoisotopic (exact) mass is 377 g/mol. The summed E-state index contributed by atoms with van der Waals surface area (Å²) >= 11 is 0. The van der Waals surface area contributed by atoms with E-state index in [1.807, 2.05) is 6.92 Å². The van der Waals surface area contributed by atoms with E-state index < -0.39 is 12.6 Å². The third-order valence-electron chi connectivity index (χ3n) is 2.36. The third kappa shape index (κ3) is 7.78. The van der Waals surface area contributed by atoms with Gasteiger partial charge in [-0.3, -0.25) is 4.99 Å². The Balaban J connectivity index is 0.00000289. The van der Waals surface area contributed by atoms with Crippen LogP contribution in [0.25, 0.3) is 0 Å². The Bertz CT molecular complexity index is 282. The zero-order valence-corrected chi connectivity index (χ0v) is 12.6. The van der Waals surface area contributed by atoms with Crippen molar-refractivity contribution in [3.63, 3.8) is 0 Å². The van der Waals surface area contributed by atoms with Crippen LogP contribution in [0, 0.1) is 0 Å². The van der Waals surface area contributed by atoms with Gasteiger partial charge in [-0.05, 0) is 19.8 Å². The zero-order chi connectivity index (χ0) is 12.7. The standard InChI is InChI=1S/C11H18F3N3.HI/c1-2-15-10(16-8-7-11(12,13)14)17-9-5-3-4-6-9;/h3-4,9H,2,5-8H2,1H3,(H2,15,16,17);1H. The van der Waals surface area contributed by atoms with Crippen molar-refractivity contribution < 1.29 is 13.2 Å². The van der Waals surface area contributed by atoms with E-state index >= 15 is 0 Å². The van der Waals surface area contributed by atoms with Gasteiger partial charge in [0.25, 0.3) is 0 Å². The van der Waals surface area contributed by atoms with E-state index in [1.165, 1.54) is 0 Å². The largest absolute Gasteiger partial charge is 0.390 e. The molecule has 0 heterocycles. The van der Waals surface area contributed by atoms with E-state index in [2.05, 4.69) is 27.8 Å². The zero-order valence-electron chi connectivity index (χ0n) is 10.3. The van der Waals surface area contributed by atoms with Crippen molar-refractivity contribution in [3.05, 3.63) is 12.2 Å². The van der Waals surface area contributed by atoms with Crippen molar-refractivity contribution in [1.29, 1.82) is 0 Å². The Labute approximate surface area is 122 Å². The van der Waals surface area contributed by atoms with Crippen molar-refractivity contribution in [2.24, 2.45) is 4.99 Å². The topological polar surface area (TPSA) is 36.4 Å². The van der Waals surface area contributed by atoms with Gasteiger partial charge < -0.3 is 10.6 Å². The lowest BCUT2D eigenvalue weighted by atomic mass is 10.2. The van der Waals surface area contributed by atoms with Gasteiger partial charge in [-0.15, -0.1) is 24.0 Å². The second-order valence-corrected chi connectivity index (χ2v) is 3.91. The minimum atomic E-state index is -4.14. The molecule has 1 rings (SSSR count). The lowest BCUT2D eigenvalue weighted by Gasteiger charge is -2.16. The highest BCUT2D eigenvalue weighted by molar-refractivity contribution is 14.0. The smallest absolute Gasteiger partial charge is 0.357 e. The van der Waals surface area contributed by atoms with Crippen LogP contribution in [-0.2, 0) is 0 Å². The number of alkyl halides is 3. The molecule has 0 saturated heterocycles. The summed E-state index contributed by atoms with van der Waals surface area (Å²) in [6, 6.07) is 0.249. The van der Waals surface area contributed by atoms with Gasteiger partial charge in [0.05, 0.1) is 13.0 Å². The van der Waals surface area contributed by atoms with Gasteiger partial charge >= 0.3 is 6.18 Å². The first-order chi connectivity index (χ1) is 8.01. The predicted molar refractivity (Wildman–Crippen MR) is 77.4 cm³/mol. The van der Waals surface area contributed by atoms with Crippen molar-refractivity contribution >= 4 is 29.9 Å². The molecule has 0 radical (unpaired) electrons. The quantitative estimate of drug-likeness (QED) is 0.342. The molecule has 0 spiro atoms. The molecule has 106 valence electrons. The minimum Gasteiger partial charge on any atom is -0.357 e. The van der Waals surface area contributed by atoms with Crippen LogP contribution in [0.3, 0.4) is 0 Å². The Kier molecular flexibility index (Phi) is 8.38. The summed E-state index contributed by atoms with van der Waals surface area (Å²) in [5, 5.41) is 6.05. The molecule has 1 aliphatic carbocycles. The van der Waals surface area contributed by atoms with E-state index in [9.17, 15) is 13.2 Å². The van der Waals surface area contributed by atoms with Crippen molar-refractivity contribution in [1.82, 2.24) is 10.6 Å². The number of aliphatic imine (C=N–C) groups is 1. The SMILES string of the molecule is CCNC(=NCCC(F)(F)F)NC1CC=CC1.I. The maximum Gasteiger partial charge on any atom is 0.390 e. The molecule has 3 nitrogen and oxygen atoms in total. The van der Waals surface area contributed by atoms with E-state index in [4.69, 9.17) is 0 Å². The molecule has 18 heavy (non-hydrogen) atoms. The molecule has 1 aliphatic rings. The number of rotatable bonds is 4. The highest BCUT2D eigenvalue weighted by Crippen LogP contribution is 2.18. The molecule has 0 fully saturated rings. The summed E-state index contributed by atoms with van der Waals surface area (Å²) < 4.78 is 35.9. The normalized spacial score (nSPS) is 16.6. The van der Waals surface area contributed by atoms with Crippen molar-refractivity contribution in [2.45, 2.75) is 38.4 Å². The van der Waals surface area contributed by atoms with Gasteiger partial charge in [-0.25, -0.2) is 0 Å². The van der Waals surface area contributed by atoms with Crippen LogP contribution in [0.15, 0.2) is 17.1 Å². The van der Waals surface area contributed by atoms with E-state index in [0.29, 0.717) is 12.5 Å². The van der Waals surface area contributed by atoms with E-state index in [-0.39, 0.29) is 36.6 Å². The van der Waals surface area contributed by atoms with Gasteiger partial charge in [0, 0.05) is 12.6 Å². The van der Waals surface area contributed by atoms with Gasteiger partial charge in [0.15, 0.2) is 5.96 Å². The number of hydrogen-bond donors (Lipinski definition) is 2. The van der Waals surface area contributed by atoms with Gasteiger partial charge in [-0.1, -0.05) is 12.2 Å². The number of nitrogens with one attached hydrogen (secondary N) is 2. The number of hydrogen-bond acceptors (Lipinski definition) is 1. The summed E-state index contributed by atoms with van der Waals surface area (Å²) in [5.41, 5.74) is 0. The van der Waals surface area contributed by atoms with E-state index in [0.717, 1.165) is 12.8 Å². The maximum atomic E-state index is 12.0. The van der Waals surface area contributed by atoms with Crippen molar-refractivity contribution in [2.75, 3.05) is 13.1 Å². The first kappa shape index (κ1) is 17.5. The van der Waals surface area contributed by atoms with Crippen LogP contribution in [-0.4, -0.2) is 31.3 Å². The van der Waals surface area contributed by atoms with Gasteiger partial charge in [0.1, 0.15) is 0 Å². The molecule has 0 bridgehead atoms. The van der Waals surface area contributed by atoms with Crippen LogP contribution < -0.4 is 10.6 Å². The van der Waals surface area contributed by atoms with Crippen LogP contribution in [0.1, 0.15) is 26.2 Å². The number of nitrogens with zero attached hydrogens (tertiary/aromatic N) is 1. The fourth-order valence-electron chi connectivity index (χ4n) is 1.54. The van der Waals surface area contributed by atoms with Crippen molar-refractivity contribution in [3.8, 4) is 0 Å². The van der Waals surface area contributed by atoms with Crippen LogP contribution in [0.5, 0.6) is 0 Å². The molecule has 0 amide bonds. The number of halogens is 4. The summed E-state index contributed by atoms with van der Waals surface area (Å²) in [4.78, 5) is 3.91. The maximum absolute atomic E-state index is 12.0. The van der Waals surface area contributed by atoms with Crippen LogP contribution >= 0.6 is 24.0 Å². The average Bonchev–Trinajstić information content (AvgIpc) is 2.68. The summed E-state index contributed by atoms with van der Waals surface area (Å²) in [6.07, 6.45) is 0.865. The van der Waals surface area contributed by atoms with Gasteiger partial charge in [-0.2, -0.15) is 13.2 Å². The summed E-state index contributed by atoms with van der Waals surface area (Å²) in [6.45, 7) is 2.28.